The molecule has 0 aromatic heterocycles. The molecule has 2 rings (SSSR count). The normalized spacial score (nSPS) is 12.0. The van der Waals surface area contributed by atoms with E-state index in [4.69, 9.17) is 4.74 Å². The molecule has 1 unspecified atom stereocenters. The highest BCUT2D eigenvalue weighted by molar-refractivity contribution is 5.95. The van der Waals surface area contributed by atoms with Gasteiger partial charge in [-0.1, -0.05) is 13.0 Å². The summed E-state index contributed by atoms with van der Waals surface area (Å²) in [6.07, 6.45) is -1.01. The molecule has 0 fully saturated rings. The first-order chi connectivity index (χ1) is 10.5. The van der Waals surface area contributed by atoms with E-state index >= 15 is 0 Å². The van der Waals surface area contributed by atoms with Gasteiger partial charge < -0.3 is 9.84 Å². The molecule has 0 saturated heterocycles. The van der Waals surface area contributed by atoms with E-state index in [1.54, 1.807) is 31.2 Å². The zero-order valence-electron chi connectivity index (χ0n) is 12.1. The van der Waals surface area contributed by atoms with E-state index in [1.807, 2.05) is 0 Å². The van der Waals surface area contributed by atoms with E-state index in [0.717, 1.165) is 12.1 Å². The van der Waals surface area contributed by atoms with E-state index < -0.39 is 23.3 Å². The van der Waals surface area contributed by atoms with Gasteiger partial charge in [-0.15, -0.1) is 0 Å². The molecule has 0 aliphatic carbocycles. The van der Waals surface area contributed by atoms with Crippen molar-refractivity contribution in [1.82, 2.24) is 0 Å². The Morgan fingerprint density at radius 3 is 2.27 bits per heavy atom. The van der Waals surface area contributed by atoms with Crippen molar-refractivity contribution in [2.45, 2.75) is 19.4 Å². The zero-order chi connectivity index (χ0) is 16.1. The molecular weight excluding hydrogens is 290 g/mol. The van der Waals surface area contributed by atoms with Crippen molar-refractivity contribution >= 4 is 5.78 Å². The van der Waals surface area contributed by atoms with Gasteiger partial charge in [-0.05, 0) is 36.4 Å². The molecule has 0 amide bonds. The van der Waals surface area contributed by atoms with Crippen LogP contribution in [-0.2, 0) is 0 Å². The number of carbonyl (C=O) groups is 1. The van der Waals surface area contributed by atoms with Gasteiger partial charge >= 0.3 is 0 Å². The van der Waals surface area contributed by atoms with Crippen LogP contribution >= 0.6 is 0 Å². The first-order valence-corrected chi connectivity index (χ1v) is 6.91. The van der Waals surface area contributed by atoms with Crippen LogP contribution in [0.5, 0.6) is 5.75 Å². The Morgan fingerprint density at radius 2 is 1.73 bits per heavy atom. The smallest absolute Gasteiger partial charge is 0.162 e. The van der Waals surface area contributed by atoms with Crippen molar-refractivity contribution in [3.63, 3.8) is 0 Å². The van der Waals surface area contributed by atoms with Crippen molar-refractivity contribution in [3.8, 4) is 5.75 Å². The van der Waals surface area contributed by atoms with E-state index in [1.165, 1.54) is 6.07 Å². The molecule has 1 N–H and O–H groups in total. The van der Waals surface area contributed by atoms with Gasteiger partial charge in [0.15, 0.2) is 5.78 Å². The Morgan fingerprint density at radius 1 is 1.14 bits per heavy atom. The number of ether oxygens (including phenoxy) is 1. The number of benzene rings is 2. The minimum Gasteiger partial charge on any atom is -0.491 e. The minimum atomic E-state index is -1.42. The second kappa shape index (κ2) is 7.13. The van der Waals surface area contributed by atoms with Gasteiger partial charge in [0.2, 0.25) is 0 Å². The lowest BCUT2D eigenvalue weighted by Crippen LogP contribution is -2.13. The minimum absolute atomic E-state index is 0.0139. The molecule has 22 heavy (non-hydrogen) atoms. The van der Waals surface area contributed by atoms with Crippen LogP contribution in [0.3, 0.4) is 0 Å². The number of halogens is 2. The maximum Gasteiger partial charge on any atom is 0.162 e. The maximum absolute atomic E-state index is 13.5. The topological polar surface area (TPSA) is 46.5 Å². The molecule has 0 saturated carbocycles. The number of hydrogen-bond acceptors (Lipinski definition) is 3. The number of rotatable bonds is 6. The van der Waals surface area contributed by atoms with Crippen LogP contribution < -0.4 is 4.74 Å². The summed E-state index contributed by atoms with van der Waals surface area (Å²) in [6.45, 7) is 1.48. The largest absolute Gasteiger partial charge is 0.491 e. The highest BCUT2D eigenvalue weighted by Gasteiger charge is 2.18. The molecule has 0 spiro atoms. The van der Waals surface area contributed by atoms with Crippen LogP contribution in [-0.4, -0.2) is 17.5 Å². The predicted octanol–water partition coefficient (Wildman–Crippen LogP) is 3.67. The Hall–Kier alpha value is -2.27. The predicted molar refractivity (Wildman–Crippen MR) is 77.9 cm³/mol. The summed E-state index contributed by atoms with van der Waals surface area (Å²) in [4.78, 5) is 11.5. The lowest BCUT2D eigenvalue weighted by atomic mass is 10.1. The summed E-state index contributed by atoms with van der Waals surface area (Å²) in [6, 6.07) is 9.75. The molecule has 2 aromatic rings. The fourth-order valence-electron chi connectivity index (χ4n) is 2.03. The van der Waals surface area contributed by atoms with Gasteiger partial charge in [0.05, 0.1) is 5.56 Å². The van der Waals surface area contributed by atoms with Gasteiger partial charge in [0.25, 0.3) is 0 Å². The summed E-state index contributed by atoms with van der Waals surface area (Å²) in [5.41, 5.74) is 0.149. The van der Waals surface area contributed by atoms with Crippen LogP contribution in [0, 0.1) is 11.6 Å². The monoisotopic (exact) mass is 306 g/mol. The Labute approximate surface area is 127 Å². The van der Waals surface area contributed by atoms with E-state index in [9.17, 15) is 18.7 Å². The average Bonchev–Trinajstić information content (AvgIpc) is 2.52. The average molecular weight is 306 g/mol. The molecule has 5 heteroatoms. The molecule has 0 bridgehead atoms. The molecule has 1 atom stereocenters. The summed E-state index contributed by atoms with van der Waals surface area (Å²) in [5, 5.41) is 9.87. The molecule has 0 heterocycles. The molecule has 3 nitrogen and oxygen atoms in total. The number of aliphatic hydroxyl groups is 1. The van der Waals surface area contributed by atoms with Crippen molar-refractivity contribution in [2.24, 2.45) is 0 Å². The highest BCUT2D eigenvalue weighted by Crippen LogP contribution is 2.22. The van der Waals surface area contributed by atoms with Crippen LogP contribution in [0.2, 0.25) is 0 Å². The van der Waals surface area contributed by atoms with Crippen molar-refractivity contribution in [3.05, 3.63) is 65.2 Å². The summed E-state index contributed by atoms with van der Waals surface area (Å²) in [7, 11) is 0. The number of Topliss-reactive ketones (excluding diaryl/α,β-unsaturated/α-hetero) is 1. The third-order valence-corrected chi connectivity index (χ3v) is 3.24. The van der Waals surface area contributed by atoms with Gasteiger partial charge in [0, 0.05) is 12.0 Å². The van der Waals surface area contributed by atoms with Gasteiger partial charge in [0.1, 0.15) is 30.1 Å². The lowest BCUT2D eigenvalue weighted by molar-refractivity contribution is 0.0984. The SMILES string of the molecule is CCC(=O)c1ccc(OCC(O)c2c(F)cccc2F)cc1. The molecule has 2 aromatic carbocycles. The van der Waals surface area contributed by atoms with E-state index in [-0.39, 0.29) is 12.4 Å². The first-order valence-electron chi connectivity index (χ1n) is 6.91. The van der Waals surface area contributed by atoms with E-state index in [0.29, 0.717) is 17.7 Å². The van der Waals surface area contributed by atoms with Gasteiger partial charge in [-0.25, -0.2) is 8.78 Å². The quantitative estimate of drug-likeness (QED) is 0.828. The Kier molecular flexibility index (Phi) is 5.22. The third kappa shape index (κ3) is 3.68. The van der Waals surface area contributed by atoms with E-state index in [2.05, 4.69) is 0 Å². The third-order valence-electron chi connectivity index (χ3n) is 3.24. The molecule has 116 valence electrons. The molecular formula is C17H16F2O3. The number of ketones is 1. The molecule has 0 aliphatic rings. The maximum atomic E-state index is 13.5. The van der Waals surface area contributed by atoms with Crippen LogP contribution in [0.15, 0.2) is 42.5 Å². The molecule has 0 aliphatic heterocycles. The zero-order valence-corrected chi connectivity index (χ0v) is 12.1. The van der Waals surface area contributed by atoms with Gasteiger partial charge in [-0.2, -0.15) is 0 Å². The van der Waals surface area contributed by atoms with Crippen molar-refractivity contribution in [2.75, 3.05) is 6.61 Å². The highest BCUT2D eigenvalue weighted by atomic mass is 19.1. The fraction of sp³-hybridized carbons (Fsp3) is 0.235. The number of aliphatic hydroxyl groups excluding tert-OH is 1. The van der Waals surface area contributed by atoms with Crippen molar-refractivity contribution in [1.29, 1.82) is 0 Å². The van der Waals surface area contributed by atoms with Crippen LogP contribution in [0.1, 0.15) is 35.4 Å². The standard InChI is InChI=1S/C17H16F2O3/c1-2-15(20)11-6-8-12(9-7-11)22-10-16(21)17-13(18)4-3-5-14(17)19/h3-9,16,21H,2,10H2,1H3. The van der Waals surface area contributed by atoms with Gasteiger partial charge in [-0.3, -0.25) is 4.79 Å². The summed E-state index contributed by atoms with van der Waals surface area (Å²) < 4.78 is 32.3. The fourth-order valence-corrected chi connectivity index (χ4v) is 2.03. The summed E-state index contributed by atoms with van der Waals surface area (Å²) in [5.74, 6) is -1.22. The second-order valence-corrected chi connectivity index (χ2v) is 4.76. The Balaban J connectivity index is 2.02. The lowest BCUT2D eigenvalue weighted by Gasteiger charge is -2.14. The van der Waals surface area contributed by atoms with Crippen molar-refractivity contribution < 1.29 is 23.4 Å². The second-order valence-electron chi connectivity index (χ2n) is 4.76. The van der Waals surface area contributed by atoms with Crippen LogP contribution in [0.25, 0.3) is 0 Å². The first kappa shape index (κ1) is 16.1. The molecule has 0 radical (unpaired) electrons. The summed E-state index contributed by atoms with van der Waals surface area (Å²) >= 11 is 0. The number of carbonyl (C=O) groups excluding carboxylic acids is 1. The van der Waals surface area contributed by atoms with Crippen LogP contribution in [0.4, 0.5) is 8.78 Å². The number of hydrogen-bond donors (Lipinski definition) is 1. The Bertz CT molecular complexity index is 633.